The molecule has 144 valence electrons. The smallest absolute Gasteiger partial charge is 0.303 e. The zero-order chi connectivity index (χ0) is 18.3. The Balaban J connectivity index is 1.80. The molecular weight excluding hydrogens is 316 g/mol. The van der Waals surface area contributed by atoms with Crippen molar-refractivity contribution in [2.45, 2.75) is 95.7 Å². The summed E-state index contributed by atoms with van der Waals surface area (Å²) < 4.78 is 0. The molecule has 4 heteroatoms. The molecule has 0 spiro atoms. The molecule has 0 aromatic rings. The Hall–Kier alpha value is -0.870. The van der Waals surface area contributed by atoms with Crippen LogP contribution in [-0.4, -0.2) is 33.0 Å². The molecule has 0 aliphatic heterocycles. The Labute approximate surface area is 152 Å². The number of hydrogen-bond donors (Lipinski definition) is 3. The highest BCUT2D eigenvalue weighted by molar-refractivity contribution is 5.66. The molecule has 2 fully saturated rings. The Morgan fingerprint density at radius 1 is 1.16 bits per heavy atom. The maximum Gasteiger partial charge on any atom is 0.303 e. The summed E-state index contributed by atoms with van der Waals surface area (Å²) in [5.41, 5.74) is -0.499. The fourth-order valence-electron chi connectivity index (χ4n) is 4.89. The quantitative estimate of drug-likeness (QED) is 0.427. The van der Waals surface area contributed by atoms with Crippen molar-refractivity contribution in [1.82, 2.24) is 0 Å². The van der Waals surface area contributed by atoms with E-state index in [0.29, 0.717) is 18.3 Å². The van der Waals surface area contributed by atoms with E-state index in [1.165, 1.54) is 6.42 Å². The molecule has 25 heavy (non-hydrogen) atoms. The molecule has 2 aliphatic rings. The van der Waals surface area contributed by atoms with Gasteiger partial charge in [0.2, 0.25) is 0 Å². The van der Waals surface area contributed by atoms with Gasteiger partial charge in [0.25, 0.3) is 0 Å². The number of carboxylic acid groups (broad SMARTS) is 1. The molecule has 0 bridgehead atoms. The van der Waals surface area contributed by atoms with Crippen molar-refractivity contribution in [3.63, 3.8) is 0 Å². The Morgan fingerprint density at radius 2 is 1.88 bits per heavy atom. The van der Waals surface area contributed by atoms with E-state index >= 15 is 0 Å². The van der Waals surface area contributed by atoms with Crippen LogP contribution < -0.4 is 0 Å². The first-order chi connectivity index (χ1) is 11.9. The van der Waals surface area contributed by atoms with Gasteiger partial charge in [-0.05, 0) is 69.1 Å². The first kappa shape index (κ1) is 20.4. The average Bonchev–Trinajstić information content (AvgIpc) is 2.82. The van der Waals surface area contributed by atoms with Gasteiger partial charge in [-0.25, -0.2) is 0 Å². The van der Waals surface area contributed by atoms with Crippen LogP contribution in [0.1, 0.15) is 84.0 Å². The van der Waals surface area contributed by atoms with Gasteiger partial charge in [0, 0.05) is 6.42 Å². The summed E-state index contributed by atoms with van der Waals surface area (Å²) in [6.07, 6.45) is 14.6. The first-order valence-electron chi connectivity index (χ1n) is 10.2. The van der Waals surface area contributed by atoms with Gasteiger partial charge in [-0.3, -0.25) is 4.79 Å². The maximum absolute atomic E-state index is 10.7. The van der Waals surface area contributed by atoms with Gasteiger partial charge in [0.15, 0.2) is 0 Å². The summed E-state index contributed by atoms with van der Waals surface area (Å²) in [5, 5.41) is 29.9. The van der Waals surface area contributed by atoms with Crippen LogP contribution in [0.5, 0.6) is 0 Å². The molecule has 0 saturated heterocycles. The van der Waals surface area contributed by atoms with Gasteiger partial charge in [-0.1, -0.05) is 38.3 Å². The molecule has 3 N–H and O–H groups in total. The molecule has 0 amide bonds. The van der Waals surface area contributed by atoms with Crippen molar-refractivity contribution >= 4 is 5.97 Å². The van der Waals surface area contributed by atoms with Crippen molar-refractivity contribution in [3.8, 4) is 0 Å². The molecule has 0 aromatic carbocycles. The lowest BCUT2D eigenvalue weighted by atomic mass is 9.77. The summed E-state index contributed by atoms with van der Waals surface area (Å²) in [7, 11) is 0. The Kier molecular flexibility index (Phi) is 7.95. The molecule has 2 saturated carbocycles. The Morgan fingerprint density at radius 3 is 2.56 bits per heavy atom. The molecule has 2 aliphatic carbocycles. The van der Waals surface area contributed by atoms with Crippen LogP contribution in [0.25, 0.3) is 0 Å². The van der Waals surface area contributed by atoms with E-state index in [1.54, 1.807) is 0 Å². The molecule has 0 radical (unpaired) electrons. The van der Waals surface area contributed by atoms with Gasteiger partial charge < -0.3 is 15.3 Å². The van der Waals surface area contributed by atoms with Crippen LogP contribution in [0.15, 0.2) is 12.2 Å². The second kappa shape index (κ2) is 9.72. The van der Waals surface area contributed by atoms with Crippen LogP contribution in [0, 0.1) is 17.8 Å². The third-order valence-corrected chi connectivity index (χ3v) is 6.45. The molecule has 2 rings (SSSR count). The van der Waals surface area contributed by atoms with Crippen molar-refractivity contribution in [3.05, 3.63) is 12.2 Å². The van der Waals surface area contributed by atoms with Gasteiger partial charge in [0.1, 0.15) is 0 Å². The molecule has 0 aromatic heterocycles. The molecule has 0 heterocycles. The number of allylic oxidation sites excluding steroid dienone is 2. The van der Waals surface area contributed by atoms with Gasteiger partial charge in [0.05, 0.1) is 11.7 Å². The van der Waals surface area contributed by atoms with E-state index in [1.807, 2.05) is 0 Å². The van der Waals surface area contributed by atoms with E-state index in [4.69, 9.17) is 5.11 Å². The molecular formula is C21H36O4. The van der Waals surface area contributed by atoms with E-state index in [0.717, 1.165) is 57.8 Å². The predicted octanol–water partition coefficient (Wildman–Crippen LogP) is 4.30. The van der Waals surface area contributed by atoms with Crippen molar-refractivity contribution in [2.24, 2.45) is 17.8 Å². The highest BCUT2D eigenvalue weighted by atomic mass is 16.4. The summed E-state index contributed by atoms with van der Waals surface area (Å²) in [6, 6.07) is 0. The average molecular weight is 353 g/mol. The standard InChI is InChI=1S/C21H36O4/c1-16-15-19(22)18(11-14-21(25)12-7-4-8-13-21)17(16)9-5-2-3-6-10-20(23)24/h2,5,16-19,22,25H,3-4,6-15H2,1H3,(H,23,24)/b5-2+/t16?,17?,18-,19?/m1/s1. The lowest BCUT2D eigenvalue weighted by Gasteiger charge is -2.34. The third kappa shape index (κ3) is 6.41. The van der Waals surface area contributed by atoms with E-state index in [-0.39, 0.29) is 18.4 Å². The summed E-state index contributed by atoms with van der Waals surface area (Å²) in [4.78, 5) is 10.5. The second-order valence-corrected chi connectivity index (χ2v) is 8.42. The normalized spacial score (nSPS) is 32.3. The monoisotopic (exact) mass is 352 g/mol. The molecule has 3 unspecified atom stereocenters. The summed E-state index contributed by atoms with van der Waals surface area (Å²) >= 11 is 0. The van der Waals surface area contributed by atoms with E-state index in [9.17, 15) is 15.0 Å². The van der Waals surface area contributed by atoms with Crippen LogP contribution in [0.3, 0.4) is 0 Å². The van der Waals surface area contributed by atoms with E-state index in [2.05, 4.69) is 19.1 Å². The lowest BCUT2D eigenvalue weighted by Crippen LogP contribution is -2.33. The van der Waals surface area contributed by atoms with Crippen LogP contribution in [0.4, 0.5) is 0 Å². The van der Waals surface area contributed by atoms with E-state index < -0.39 is 11.6 Å². The van der Waals surface area contributed by atoms with Crippen molar-refractivity contribution in [2.75, 3.05) is 0 Å². The van der Waals surface area contributed by atoms with Crippen molar-refractivity contribution in [1.29, 1.82) is 0 Å². The third-order valence-electron chi connectivity index (χ3n) is 6.45. The first-order valence-corrected chi connectivity index (χ1v) is 10.2. The number of rotatable bonds is 9. The number of carbonyl (C=O) groups is 1. The van der Waals surface area contributed by atoms with Crippen LogP contribution in [-0.2, 0) is 4.79 Å². The number of aliphatic hydroxyl groups is 2. The van der Waals surface area contributed by atoms with Gasteiger partial charge >= 0.3 is 5.97 Å². The largest absolute Gasteiger partial charge is 0.481 e. The fourth-order valence-corrected chi connectivity index (χ4v) is 4.89. The highest BCUT2D eigenvalue weighted by Gasteiger charge is 2.40. The highest BCUT2D eigenvalue weighted by Crippen LogP contribution is 2.44. The topological polar surface area (TPSA) is 77.8 Å². The molecule has 4 atom stereocenters. The van der Waals surface area contributed by atoms with Crippen LogP contribution >= 0.6 is 0 Å². The molecule has 4 nitrogen and oxygen atoms in total. The number of aliphatic hydroxyl groups excluding tert-OH is 1. The number of hydrogen-bond acceptors (Lipinski definition) is 3. The summed E-state index contributed by atoms with van der Waals surface area (Å²) in [6.45, 7) is 2.22. The SMILES string of the molecule is CC1CC(O)[C@H](CCC2(O)CCCCC2)C1C/C=C/CCCC(=O)O. The maximum atomic E-state index is 10.7. The number of carboxylic acids is 1. The zero-order valence-electron chi connectivity index (χ0n) is 15.7. The number of unbranched alkanes of at least 4 members (excludes halogenated alkanes) is 1. The Bertz CT molecular complexity index is 439. The lowest BCUT2D eigenvalue weighted by molar-refractivity contribution is -0.137. The van der Waals surface area contributed by atoms with Crippen LogP contribution in [0.2, 0.25) is 0 Å². The minimum Gasteiger partial charge on any atom is -0.481 e. The van der Waals surface area contributed by atoms with Gasteiger partial charge in [-0.2, -0.15) is 0 Å². The fraction of sp³-hybridized carbons (Fsp3) is 0.857. The van der Waals surface area contributed by atoms with Crippen molar-refractivity contribution < 1.29 is 20.1 Å². The van der Waals surface area contributed by atoms with Gasteiger partial charge in [-0.15, -0.1) is 0 Å². The predicted molar refractivity (Wildman–Crippen MR) is 99.3 cm³/mol. The minimum atomic E-state index is -0.735. The summed E-state index contributed by atoms with van der Waals surface area (Å²) in [5.74, 6) is 0.522. The minimum absolute atomic E-state index is 0.226. The number of aliphatic carboxylic acids is 1. The second-order valence-electron chi connectivity index (χ2n) is 8.42. The zero-order valence-corrected chi connectivity index (χ0v) is 15.7.